The Hall–Kier alpha value is -2.30. The molecule has 0 aliphatic rings. The first-order valence-electron chi connectivity index (χ1n) is 4.99. The Kier molecular flexibility index (Phi) is 4.28. The van der Waals surface area contributed by atoms with Gasteiger partial charge in [-0.2, -0.15) is 0 Å². The predicted molar refractivity (Wildman–Crippen MR) is 64.7 cm³/mol. The number of esters is 1. The molecule has 1 aromatic rings. The molecule has 0 aliphatic heterocycles. The number of amides is 1. The third-order valence-electron chi connectivity index (χ3n) is 2.01. The number of benzene rings is 1. The molecular formula is C12H14N2O3. The van der Waals surface area contributed by atoms with Crippen molar-refractivity contribution in [1.82, 2.24) is 5.32 Å². The van der Waals surface area contributed by atoms with Gasteiger partial charge in [-0.3, -0.25) is 4.79 Å². The molecule has 0 unspecified atom stereocenters. The van der Waals surface area contributed by atoms with Crippen molar-refractivity contribution < 1.29 is 14.3 Å². The van der Waals surface area contributed by atoms with Crippen LogP contribution in [-0.2, 0) is 4.74 Å². The summed E-state index contributed by atoms with van der Waals surface area (Å²) in [5.41, 5.74) is 6.50. The molecule has 17 heavy (non-hydrogen) atoms. The van der Waals surface area contributed by atoms with E-state index in [1.165, 1.54) is 31.3 Å². The van der Waals surface area contributed by atoms with Gasteiger partial charge in [0.25, 0.3) is 5.91 Å². The maximum Gasteiger partial charge on any atom is 0.338 e. The summed E-state index contributed by atoms with van der Waals surface area (Å²) in [4.78, 5) is 23.0. The van der Waals surface area contributed by atoms with E-state index in [2.05, 4.69) is 11.9 Å². The van der Waals surface area contributed by atoms with Gasteiger partial charge in [-0.05, 0) is 18.2 Å². The molecule has 0 spiro atoms. The normalized spacial score (nSPS) is 9.47. The van der Waals surface area contributed by atoms with Gasteiger partial charge in [0, 0.05) is 18.3 Å². The molecular weight excluding hydrogens is 220 g/mol. The fraction of sp³-hybridized carbons (Fsp3) is 0.167. The van der Waals surface area contributed by atoms with Gasteiger partial charge in [-0.15, -0.1) is 0 Å². The fourth-order valence-corrected chi connectivity index (χ4v) is 1.26. The summed E-state index contributed by atoms with van der Waals surface area (Å²) in [7, 11) is 1.50. The standard InChI is InChI=1S/C12H14N2O3/c1-3-4-17-12(16)9-5-8(11(15)14-2)6-10(13)7-9/h3,5-7H,1,4,13H2,2H3,(H,14,15). The third kappa shape index (κ3) is 3.34. The van der Waals surface area contributed by atoms with Crippen LogP contribution >= 0.6 is 0 Å². The average molecular weight is 234 g/mol. The Morgan fingerprint density at radius 2 is 2.06 bits per heavy atom. The highest BCUT2D eigenvalue weighted by Crippen LogP contribution is 2.13. The highest BCUT2D eigenvalue weighted by Gasteiger charge is 2.12. The lowest BCUT2D eigenvalue weighted by atomic mass is 10.1. The highest BCUT2D eigenvalue weighted by molar-refractivity contribution is 5.99. The zero-order valence-corrected chi connectivity index (χ0v) is 9.53. The van der Waals surface area contributed by atoms with Crippen molar-refractivity contribution in [2.24, 2.45) is 0 Å². The Morgan fingerprint density at radius 3 is 2.65 bits per heavy atom. The molecule has 0 aliphatic carbocycles. The van der Waals surface area contributed by atoms with Crippen LogP contribution in [0.25, 0.3) is 0 Å². The van der Waals surface area contributed by atoms with Crippen molar-refractivity contribution in [3.8, 4) is 0 Å². The molecule has 0 radical (unpaired) electrons. The van der Waals surface area contributed by atoms with Crippen LogP contribution in [0.3, 0.4) is 0 Å². The zero-order valence-electron chi connectivity index (χ0n) is 9.53. The summed E-state index contributed by atoms with van der Waals surface area (Å²) in [5, 5.41) is 2.46. The van der Waals surface area contributed by atoms with Crippen molar-refractivity contribution in [1.29, 1.82) is 0 Å². The first kappa shape index (κ1) is 12.8. The van der Waals surface area contributed by atoms with Gasteiger partial charge in [0.1, 0.15) is 6.61 Å². The lowest BCUT2D eigenvalue weighted by molar-refractivity contribution is 0.0550. The maximum atomic E-state index is 11.6. The third-order valence-corrected chi connectivity index (χ3v) is 2.01. The highest BCUT2D eigenvalue weighted by atomic mass is 16.5. The molecule has 0 heterocycles. The molecule has 0 atom stereocenters. The molecule has 0 bridgehead atoms. The van der Waals surface area contributed by atoms with Crippen molar-refractivity contribution in [3.63, 3.8) is 0 Å². The van der Waals surface area contributed by atoms with Crippen LogP contribution in [0.1, 0.15) is 20.7 Å². The van der Waals surface area contributed by atoms with E-state index in [1.54, 1.807) is 0 Å². The molecule has 90 valence electrons. The Bertz CT molecular complexity index is 455. The van der Waals surface area contributed by atoms with E-state index < -0.39 is 5.97 Å². The van der Waals surface area contributed by atoms with Gasteiger partial charge in [0.2, 0.25) is 0 Å². The minimum Gasteiger partial charge on any atom is -0.458 e. The molecule has 0 fully saturated rings. The number of carbonyl (C=O) groups is 2. The van der Waals surface area contributed by atoms with E-state index in [1.807, 2.05) is 0 Å². The molecule has 3 N–H and O–H groups in total. The van der Waals surface area contributed by atoms with E-state index in [-0.39, 0.29) is 18.1 Å². The monoisotopic (exact) mass is 234 g/mol. The van der Waals surface area contributed by atoms with Crippen molar-refractivity contribution >= 4 is 17.6 Å². The van der Waals surface area contributed by atoms with Crippen LogP contribution in [0.2, 0.25) is 0 Å². The Morgan fingerprint density at radius 1 is 1.41 bits per heavy atom. The van der Waals surface area contributed by atoms with Gasteiger partial charge < -0.3 is 15.8 Å². The second-order valence-electron chi connectivity index (χ2n) is 3.31. The molecule has 5 heteroatoms. The molecule has 5 nitrogen and oxygen atoms in total. The maximum absolute atomic E-state index is 11.6. The van der Waals surface area contributed by atoms with Crippen LogP contribution in [0.4, 0.5) is 5.69 Å². The number of nitrogens with one attached hydrogen (secondary N) is 1. The van der Waals surface area contributed by atoms with E-state index in [9.17, 15) is 9.59 Å². The van der Waals surface area contributed by atoms with Crippen molar-refractivity contribution in [2.45, 2.75) is 0 Å². The number of carbonyl (C=O) groups excluding carboxylic acids is 2. The number of rotatable bonds is 4. The minimum absolute atomic E-state index is 0.114. The second-order valence-corrected chi connectivity index (χ2v) is 3.31. The van der Waals surface area contributed by atoms with E-state index in [4.69, 9.17) is 10.5 Å². The van der Waals surface area contributed by atoms with E-state index >= 15 is 0 Å². The first-order chi connectivity index (χ1) is 8.08. The average Bonchev–Trinajstić information content (AvgIpc) is 2.34. The molecule has 1 amide bonds. The summed E-state index contributed by atoms with van der Waals surface area (Å²) < 4.78 is 4.86. The second kappa shape index (κ2) is 5.69. The van der Waals surface area contributed by atoms with Crippen LogP contribution < -0.4 is 11.1 Å². The smallest absolute Gasteiger partial charge is 0.338 e. The lowest BCUT2D eigenvalue weighted by Crippen LogP contribution is -2.19. The Labute approximate surface area is 99.3 Å². The van der Waals surface area contributed by atoms with Gasteiger partial charge in [-0.1, -0.05) is 12.7 Å². The van der Waals surface area contributed by atoms with Crippen LogP contribution in [-0.4, -0.2) is 25.5 Å². The van der Waals surface area contributed by atoms with Crippen molar-refractivity contribution in [3.05, 3.63) is 42.0 Å². The van der Waals surface area contributed by atoms with Crippen LogP contribution in [0.5, 0.6) is 0 Å². The van der Waals surface area contributed by atoms with Gasteiger partial charge in [0.15, 0.2) is 0 Å². The number of nitrogens with two attached hydrogens (primary N) is 1. The fourth-order valence-electron chi connectivity index (χ4n) is 1.26. The van der Waals surface area contributed by atoms with Crippen LogP contribution in [0.15, 0.2) is 30.9 Å². The molecule has 0 aromatic heterocycles. The minimum atomic E-state index is -0.539. The largest absolute Gasteiger partial charge is 0.458 e. The number of nitrogen functional groups attached to an aromatic ring is 1. The number of hydrogen-bond acceptors (Lipinski definition) is 4. The summed E-state index contributed by atoms with van der Waals surface area (Å²) in [6.45, 7) is 3.55. The van der Waals surface area contributed by atoms with Gasteiger partial charge >= 0.3 is 5.97 Å². The summed E-state index contributed by atoms with van der Waals surface area (Å²) in [6, 6.07) is 4.38. The number of ether oxygens (including phenoxy) is 1. The lowest BCUT2D eigenvalue weighted by Gasteiger charge is -2.06. The zero-order chi connectivity index (χ0) is 12.8. The SMILES string of the molecule is C=CCOC(=O)c1cc(N)cc(C(=O)NC)c1. The first-order valence-corrected chi connectivity index (χ1v) is 4.99. The van der Waals surface area contributed by atoms with Gasteiger partial charge in [-0.25, -0.2) is 4.79 Å². The summed E-state index contributed by atoms with van der Waals surface area (Å²) in [5.74, 6) is -0.850. The summed E-state index contributed by atoms with van der Waals surface area (Å²) >= 11 is 0. The summed E-state index contributed by atoms with van der Waals surface area (Å²) in [6.07, 6.45) is 1.46. The Balaban J connectivity index is 3.00. The van der Waals surface area contributed by atoms with Gasteiger partial charge in [0.05, 0.1) is 5.56 Å². The molecule has 0 saturated carbocycles. The number of hydrogen-bond donors (Lipinski definition) is 2. The van der Waals surface area contributed by atoms with Crippen molar-refractivity contribution in [2.75, 3.05) is 19.4 Å². The predicted octanol–water partition coefficient (Wildman–Crippen LogP) is 0.971. The number of anilines is 1. The molecule has 1 aromatic carbocycles. The molecule has 0 saturated heterocycles. The van der Waals surface area contributed by atoms with Crippen LogP contribution in [0, 0.1) is 0 Å². The van der Waals surface area contributed by atoms with E-state index in [0.29, 0.717) is 11.3 Å². The molecule has 1 rings (SSSR count). The topological polar surface area (TPSA) is 81.4 Å². The van der Waals surface area contributed by atoms with E-state index in [0.717, 1.165) is 0 Å². The quantitative estimate of drug-likeness (QED) is 0.462.